The number of hydrogen-bond donors (Lipinski definition) is 0. The summed E-state index contributed by atoms with van der Waals surface area (Å²) in [4.78, 5) is 0. The van der Waals surface area contributed by atoms with Gasteiger partial charge in [-0.1, -0.05) is 6.07 Å². The van der Waals surface area contributed by atoms with E-state index in [4.69, 9.17) is 11.6 Å². The van der Waals surface area contributed by atoms with E-state index in [-0.39, 0.29) is 11.5 Å². The molecule has 0 fully saturated rings. The fraction of sp³-hybridized carbons (Fsp3) is 0.250. The average Bonchev–Trinajstić information content (AvgIpc) is 2.62. The number of aromatic nitrogens is 3. The minimum Gasteiger partial charge on any atom is -0.277 e. The van der Waals surface area contributed by atoms with Crippen LogP contribution in [0.4, 0.5) is 13.2 Å². The van der Waals surface area contributed by atoms with Gasteiger partial charge in [-0.05, 0) is 6.07 Å². The van der Waals surface area contributed by atoms with Crippen LogP contribution in [0.15, 0.2) is 18.5 Å². The maximum Gasteiger partial charge on any atom is 0.431 e. The molecule has 0 radical (unpaired) electrons. The molecule has 80 valence electrons. The normalized spacial score (nSPS) is 12.3. The highest BCUT2D eigenvalue weighted by atomic mass is 35.5. The number of pyridine rings is 1. The van der Waals surface area contributed by atoms with Crippen LogP contribution < -0.4 is 0 Å². The Morgan fingerprint density at radius 3 is 2.67 bits per heavy atom. The van der Waals surface area contributed by atoms with Crippen molar-refractivity contribution in [1.82, 2.24) is 14.6 Å². The van der Waals surface area contributed by atoms with Gasteiger partial charge in [-0.2, -0.15) is 13.2 Å². The lowest BCUT2D eigenvalue weighted by atomic mass is 10.2. The number of hydrogen-bond acceptors (Lipinski definition) is 2. The van der Waals surface area contributed by atoms with Gasteiger partial charge in [0.05, 0.1) is 5.88 Å². The highest BCUT2D eigenvalue weighted by Crippen LogP contribution is 2.30. The summed E-state index contributed by atoms with van der Waals surface area (Å²) >= 11 is 5.57. The molecular formula is C8H5ClF3N3. The second kappa shape index (κ2) is 3.37. The van der Waals surface area contributed by atoms with Gasteiger partial charge in [0.2, 0.25) is 0 Å². The first-order chi connectivity index (χ1) is 7.04. The lowest BCUT2D eigenvalue weighted by molar-refractivity contribution is -0.142. The second-order valence-electron chi connectivity index (χ2n) is 2.90. The number of halogens is 4. The molecule has 7 heteroatoms. The maximum absolute atomic E-state index is 12.5. The smallest absolute Gasteiger partial charge is 0.277 e. The third-order valence-corrected chi connectivity index (χ3v) is 2.26. The molecule has 2 aromatic rings. The van der Waals surface area contributed by atoms with Gasteiger partial charge in [-0.15, -0.1) is 21.8 Å². The lowest BCUT2D eigenvalue weighted by Gasteiger charge is -2.09. The molecule has 0 amide bonds. The highest BCUT2D eigenvalue weighted by Gasteiger charge is 2.33. The van der Waals surface area contributed by atoms with Crippen LogP contribution in [0.2, 0.25) is 0 Å². The average molecular weight is 236 g/mol. The van der Waals surface area contributed by atoms with Crippen LogP contribution in [0, 0.1) is 0 Å². The third-order valence-electron chi connectivity index (χ3n) is 1.97. The molecule has 0 unspecified atom stereocenters. The number of fused-ring (bicyclic) bond motifs is 1. The van der Waals surface area contributed by atoms with Crippen molar-refractivity contribution in [3.8, 4) is 0 Å². The largest absolute Gasteiger partial charge is 0.431 e. The summed E-state index contributed by atoms with van der Waals surface area (Å²) in [5.74, 6) is 0.0976. The Bertz CT molecular complexity index is 491. The van der Waals surface area contributed by atoms with E-state index in [9.17, 15) is 13.2 Å². The zero-order chi connectivity index (χ0) is 11.1. The van der Waals surface area contributed by atoms with Crippen molar-refractivity contribution in [3.05, 3.63) is 29.7 Å². The predicted molar refractivity (Wildman–Crippen MR) is 47.5 cm³/mol. The maximum atomic E-state index is 12.5. The summed E-state index contributed by atoms with van der Waals surface area (Å²) in [7, 11) is 0. The standard InChI is InChI=1S/C8H5ClF3N3/c9-3-5-1-2-6(8(10,11)12)15-4-13-14-7(5)15/h1-2,4H,3H2. The Balaban J connectivity index is 2.74. The van der Waals surface area contributed by atoms with E-state index in [0.29, 0.717) is 5.56 Å². The van der Waals surface area contributed by atoms with Crippen molar-refractivity contribution in [2.75, 3.05) is 0 Å². The van der Waals surface area contributed by atoms with E-state index in [1.807, 2.05) is 0 Å². The highest BCUT2D eigenvalue weighted by molar-refractivity contribution is 6.17. The molecular weight excluding hydrogens is 231 g/mol. The van der Waals surface area contributed by atoms with E-state index in [2.05, 4.69) is 10.2 Å². The number of alkyl halides is 4. The number of rotatable bonds is 1. The van der Waals surface area contributed by atoms with Crippen LogP contribution in [0.5, 0.6) is 0 Å². The summed E-state index contributed by atoms with van der Waals surface area (Å²) < 4.78 is 38.5. The molecule has 0 aliphatic rings. The second-order valence-corrected chi connectivity index (χ2v) is 3.17. The van der Waals surface area contributed by atoms with Crippen LogP contribution in [-0.2, 0) is 12.1 Å². The predicted octanol–water partition coefficient (Wildman–Crippen LogP) is 2.49. The van der Waals surface area contributed by atoms with Gasteiger partial charge >= 0.3 is 6.18 Å². The van der Waals surface area contributed by atoms with E-state index in [1.54, 1.807) is 0 Å². The van der Waals surface area contributed by atoms with Gasteiger partial charge in [0, 0.05) is 5.56 Å². The Morgan fingerprint density at radius 1 is 1.33 bits per heavy atom. The first kappa shape index (κ1) is 10.2. The molecule has 0 spiro atoms. The monoisotopic (exact) mass is 235 g/mol. The summed E-state index contributed by atoms with van der Waals surface area (Å²) in [6.07, 6.45) is -3.40. The van der Waals surface area contributed by atoms with Crippen molar-refractivity contribution in [2.45, 2.75) is 12.1 Å². The van der Waals surface area contributed by atoms with Crippen LogP contribution in [0.3, 0.4) is 0 Å². The molecule has 3 nitrogen and oxygen atoms in total. The zero-order valence-corrected chi connectivity index (χ0v) is 8.05. The Hall–Kier alpha value is -1.30. The molecule has 0 aromatic carbocycles. The molecule has 2 rings (SSSR count). The minimum atomic E-state index is -4.43. The summed E-state index contributed by atoms with van der Waals surface area (Å²) in [6, 6.07) is 2.27. The van der Waals surface area contributed by atoms with Crippen LogP contribution in [0.1, 0.15) is 11.3 Å². The fourth-order valence-corrected chi connectivity index (χ4v) is 1.51. The fourth-order valence-electron chi connectivity index (χ4n) is 1.30. The molecule has 0 aliphatic heterocycles. The van der Waals surface area contributed by atoms with Crippen molar-refractivity contribution < 1.29 is 13.2 Å². The summed E-state index contributed by atoms with van der Waals surface area (Å²) in [6.45, 7) is 0. The Morgan fingerprint density at radius 2 is 2.07 bits per heavy atom. The number of nitrogens with zero attached hydrogens (tertiary/aromatic N) is 3. The summed E-state index contributed by atoms with van der Waals surface area (Å²) in [5.41, 5.74) is -0.154. The molecule has 0 saturated carbocycles. The molecule has 0 saturated heterocycles. The van der Waals surface area contributed by atoms with E-state index >= 15 is 0 Å². The Labute approximate surface area is 87.5 Å². The van der Waals surface area contributed by atoms with Gasteiger partial charge in [0.25, 0.3) is 0 Å². The molecule has 2 heterocycles. The van der Waals surface area contributed by atoms with Gasteiger partial charge in [0.1, 0.15) is 12.0 Å². The first-order valence-electron chi connectivity index (χ1n) is 3.99. The zero-order valence-electron chi connectivity index (χ0n) is 7.29. The summed E-state index contributed by atoms with van der Waals surface area (Å²) in [5, 5.41) is 7.03. The van der Waals surface area contributed by atoms with Crippen LogP contribution in [0.25, 0.3) is 5.65 Å². The SMILES string of the molecule is FC(F)(F)c1ccc(CCl)c2nncn12. The van der Waals surface area contributed by atoms with E-state index in [0.717, 1.165) is 16.8 Å². The van der Waals surface area contributed by atoms with Gasteiger partial charge < -0.3 is 0 Å². The topological polar surface area (TPSA) is 30.2 Å². The quantitative estimate of drug-likeness (QED) is 0.711. The van der Waals surface area contributed by atoms with E-state index in [1.165, 1.54) is 6.07 Å². The van der Waals surface area contributed by atoms with Crippen molar-refractivity contribution in [3.63, 3.8) is 0 Å². The van der Waals surface area contributed by atoms with E-state index < -0.39 is 11.9 Å². The molecule has 0 aliphatic carbocycles. The van der Waals surface area contributed by atoms with Crippen molar-refractivity contribution in [1.29, 1.82) is 0 Å². The van der Waals surface area contributed by atoms with Gasteiger partial charge in [0.15, 0.2) is 5.65 Å². The first-order valence-corrected chi connectivity index (χ1v) is 4.52. The van der Waals surface area contributed by atoms with Gasteiger partial charge in [-0.25, -0.2) is 0 Å². The molecule has 15 heavy (non-hydrogen) atoms. The molecule has 0 bridgehead atoms. The van der Waals surface area contributed by atoms with Crippen LogP contribution >= 0.6 is 11.6 Å². The minimum absolute atomic E-state index is 0.0976. The lowest BCUT2D eigenvalue weighted by Crippen LogP contribution is -2.11. The van der Waals surface area contributed by atoms with Crippen molar-refractivity contribution >= 4 is 17.2 Å². The van der Waals surface area contributed by atoms with Crippen molar-refractivity contribution in [2.24, 2.45) is 0 Å². The Kier molecular flexibility index (Phi) is 2.30. The third kappa shape index (κ3) is 1.65. The molecule has 0 atom stereocenters. The van der Waals surface area contributed by atoms with Crippen LogP contribution in [-0.4, -0.2) is 14.6 Å². The molecule has 0 N–H and O–H groups in total. The molecule has 2 aromatic heterocycles. The van der Waals surface area contributed by atoms with Gasteiger partial charge in [-0.3, -0.25) is 4.40 Å².